The molecule has 0 aromatic carbocycles. The van der Waals surface area contributed by atoms with E-state index < -0.39 is 12.1 Å². The Kier molecular flexibility index (Phi) is 8.09. The van der Waals surface area contributed by atoms with E-state index in [4.69, 9.17) is 19.9 Å². The van der Waals surface area contributed by atoms with Crippen LogP contribution >= 0.6 is 0 Å². The van der Waals surface area contributed by atoms with Gasteiger partial charge in [0.1, 0.15) is 12.2 Å². The highest BCUT2D eigenvalue weighted by Crippen LogP contribution is 2.29. The van der Waals surface area contributed by atoms with Crippen LogP contribution < -0.4 is 5.73 Å². The molecule has 5 heteroatoms. The zero-order valence-electron chi connectivity index (χ0n) is 13.8. The van der Waals surface area contributed by atoms with Crippen molar-refractivity contribution in [3.05, 3.63) is 36.0 Å². The van der Waals surface area contributed by atoms with E-state index in [1.54, 1.807) is 7.11 Å². The summed E-state index contributed by atoms with van der Waals surface area (Å²) in [7, 11) is 1.62. The minimum absolute atomic E-state index is 0.142. The largest absolute Gasteiger partial charge is 0.455 e. The molecular weight excluding hydrogens is 282 g/mol. The second-order valence-electron chi connectivity index (χ2n) is 5.41. The van der Waals surface area contributed by atoms with Crippen molar-refractivity contribution in [3.8, 4) is 0 Å². The van der Waals surface area contributed by atoms with Crippen LogP contribution in [0.3, 0.4) is 0 Å². The Morgan fingerprint density at radius 3 is 2.64 bits per heavy atom. The van der Waals surface area contributed by atoms with Crippen LogP contribution in [0.2, 0.25) is 0 Å². The van der Waals surface area contributed by atoms with E-state index in [0.29, 0.717) is 6.61 Å². The summed E-state index contributed by atoms with van der Waals surface area (Å²) in [6, 6.07) is 0. The molecule has 1 saturated heterocycles. The molecule has 0 bridgehead atoms. The monoisotopic (exact) mass is 309 g/mol. The fraction of sp³-hybridized carbons (Fsp3) is 0.588. The van der Waals surface area contributed by atoms with Crippen molar-refractivity contribution in [2.45, 2.75) is 39.1 Å². The summed E-state index contributed by atoms with van der Waals surface area (Å²) in [5.41, 5.74) is 6.33. The normalized spacial score (nSPS) is 30.1. The van der Waals surface area contributed by atoms with E-state index >= 15 is 0 Å². The Balaban J connectivity index is 2.94. The first-order chi connectivity index (χ1) is 10.5. The Hall–Kier alpha value is -1.43. The van der Waals surface area contributed by atoms with Gasteiger partial charge in [-0.2, -0.15) is 0 Å². The Bertz CT molecular complexity index is 442. The van der Waals surface area contributed by atoms with Crippen LogP contribution in [-0.4, -0.2) is 44.5 Å². The maximum atomic E-state index is 11.6. The fourth-order valence-corrected chi connectivity index (χ4v) is 2.50. The molecule has 0 radical (unpaired) electrons. The van der Waals surface area contributed by atoms with Gasteiger partial charge in [-0.05, 0) is 19.4 Å². The van der Waals surface area contributed by atoms with Crippen LogP contribution in [0.25, 0.3) is 0 Å². The van der Waals surface area contributed by atoms with Crippen molar-refractivity contribution >= 4 is 5.97 Å². The van der Waals surface area contributed by atoms with Gasteiger partial charge in [0.25, 0.3) is 0 Å². The third kappa shape index (κ3) is 5.09. The van der Waals surface area contributed by atoms with Gasteiger partial charge in [-0.3, -0.25) is 4.79 Å². The van der Waals surface area contributed by atoms with E-state index in [2.05, 4.69) is 0 Å². The summed E-state index contributed by atoms with van der Waals surface area (Å²) in [5.74, 6) is -0.310. The maximum Gasteiger partial charge on any atom is 0.320 e. The first kappa shape index (κ1) is 18.6. The first-order valence-corrected chi connectivity index (χ1v) is 7.55. The van der Waals surface area contributed by atoms with Crippen molar-refractivity contribution in [2.24, 2.45) is 11.7 Å². The van der Waals surface area contributed by atoms with Gasteiger partial charge in [0.05, 0.1) is 13.2 Å². The molecule has 0 saturated carbocycles. The van der Waals surface area contributed by atoms with Crippen molar-refractivity contribution in [1.82, 2.24) is 0 Å². The van der Waals surface area contributed by atoms with E-state index in [9.17, 15) is 4.79 Å². The number of methoxy groups -OCH3 is 1. The lowest BCUT2D eigenvalue weighted by molar-refractivity contribution is -0.190. The minimum Gasteiger partial charge on any atom is -0.455 e. The van der Waals surface area contributed by atoms with E-state index in [-0.39, 0.29) is 24.7 Å². The number of allylic oxidation sites excluding steroid dienone is 5. The smallest absolute Gasteiger partial charge is 0.320 e. The molecule has 1 fully saturated rings. The number of rotatable bonds is 6. The van der Waals surface area contributed by atoms with Crippen molar-refractivity contribution < 1.29 is 19.0 Å². The molecule has 1 aliphatic heterocycles. The molecule has 1 heterocycles. The molecule has 4 atom stereocenters. The van der Waals surface area contributed by atoms with Gasteiger partial charge in [-0.1, -0.05) is 37.3 Å². The zero-order chi connectivity index (χ0) is 16.5. The maximum absolute atomic E-state index is 11.6. The Morgan fingerprint density at radius 2 is 2.05 bits per heavy atom. The number of nitrogens with two attached hydrogens (primary N) is 1. The van der Waals surface area contributed by atoms with Crippen molar-refractivity contribution in [2.75, 3.05) is 20.3 Å². The van der Waals surface area contributed by atoms with Gasteiger partial charge in [0.2, 0.25) is 0 Å². The number of esters is 1. The third-order valence-corrected chi connectivity index (χ3v) is 3.65. The summed E-state index contributed by atoms with van der Waals surface area (Å²) < 4.78 is 16.9. The first-order valence-electron chi connectivity index (χ1n) is 7.55. The predicted molar refractivity (Wildman–Crippen MR) is 86.3 cm³/mol. The van der Waals surface area contributed by atoms with Crippen molar-refractivity contribution in [3.63, 3.8) is 0 Å². The van der Waals surface area contributed by atoms with Crippen molar-refractivity contribution in [1.29, 1.82) is 0 Å². The van der Waals surface area contributed by atoms with E-state index in [1.807, 2.05) is 51.2 Å². The van der Waals surface area contributed by atoms with E-state index in [0.717, 1.165) is 5.57 Å². The predicted octanol–water partition coefficient (Wildman–Crippen LogP) is 1.99. The highest BCUT2D eigenvalue weighted by molar-refractivity contribution is 5.71. The average Bonchev–Trinajstić information content (AvgIpc) is 2.51. The molecule has 5 nitrogen and oxygen atoms in total. The topological polar surface area (TPSA) is 70.8 Å². The average molecular weight is 309 g/mol. The molecule has 0 amide bonds. The zero-order valence-corrected chi connectivity index (χ0v) is 13.8. The number of hydrogen-bond donors (Lipinski definition) is 1. The number of carbonyl (C=O) groups excluding carboxylic acids is 1. The highest BCUT2D eigenvalue weighted by Gasteiger charge is 2.41. The molecule has 0 aromatic heterocycles. The molecule has 0 aliphatic carbocycles. The van der Waals surface area contributed by atoms with Crippen LogP contribution in [-0.2, 0) is 19.0 Å². The fourth-order valence-electron chi connectivity index (χ4n) is 2.50. The summed E-state index contributed by atoms with van der Waals surface area (Å²) in [5, 5.41) is 0. The molecule has 124 valence electrons. The summed E-state index contributed by atoms with van der Waals surface area (Å²) in [6.45, 7) is 6.33. The van der Waals surface area contributed by atoms with Crippen LogP contribution in [0, 0.1) is 5.92 Å². The lowest BCUT2D eigenvalue weighted by atomic mass is 9.90. The van der Waals surface area contributed by atoms with Gasteiger partial charge in [0.15, 0.2) is 6.10 Å². The SMILES string of the molecule is C/C=C/C=C/C=C(\C)[C@@H]1OC[C@H](C)[C@H](OC)[C@H]1OC(=O)CN. The van der Waals surface area contributed by atoms with Gasteiger partial charge in [-0.15, -0.1) is 0 Å². The molecule has 22 heavy (non-hydrogen) atoms. The third-order valence-electron chi connectivity index (χ3n) is 3.65. The van der Waals surface area contributed by atoms with Crippen LogP contribution in [0.4, 0.5) is 0 Å². The van der Waals surface area contributed by atoms with Gasteiger partial charge in [0, 0.05) is 13.0 Å². The summed E-state index contributed by atoms with van der Waals surface area (Å²) in [6.07, 6.45) is 8.68. The molecule has 1 rings (SSSR count). The molecule has 0 aromatic rings. The summed E-state index contributed by atoms with van der Waals surface area (Å²) >= 11 is 0. The second kappa shape index (κ2) is 9.56. The summed E-state index contributed by atoms with van der Waals surface area (Å²) in [4.78, 5) is 11.6. The molecule has 0 unspecified atom stereocenters. The van der Waals surface area contributed by atoms with Gasteiger partial charge >= 0.3 is 5.97 Å². The lowest BCUT2D eigenvalue weighted by Gasteiger charge is -2.40. The number of hydrogen-bond acceptors (Lipinski definition) is 5. The minimum atomic E-state index is -0.490. The number of carbonyl (C=O) groups is 1. The lowest BCUT2D eigenvalue weighted by Crippen LogP contribution is -2.53. The second-order valence-corrected chi connectivity index (χ2v) is 5.41. The standard InChI is InChI=1S/C17H27NO4/c1-5-6-7-8-9-12(2)16-17(22-14(19)10-18)15(20-4)13(3)11-21-16/h5-9,13,15-17H,10-11,18H2,1-4H3/b6-5+,8-7+,12-9+/t13-,15-,16-,17+/m0/s1. The molecule has 1 aliphatic rings. The van der Waals surface area contributed by atoms with Crippen LogP contribution in [0.1, 0.15) is 20.8 Å². The molecular formula is C17H27NO4. The van der Waals surface area contributed by atoms with Gasteiger partial charge < -0.3 is 19.9 Å². The van der Waals surface area contributed by atoms with Gasteiger partial charge in [-0.25, -0.2) is 0 Å². The molecule has 2 N–H and O–H groups in total. The Morgan fingerprint density at radius 1 is 1.32 bits per heavy atom. The Labute approximate surface area is 132 Å². The van der Waals surface area contributed by atoms with Crippen LogP contribution in [0.5, 0.6) is 0 Å². The molecule has 0 spiro atoms. The number of ether oxygens (including phenoxy) is 3. The quantitative estimate of drug-likeness (QED) is 0.600. The highest BCUT2D eigenvalue weighted by atomic mass is 16.6. The van der Waals surface area contributed by atoms with Crippen LogP contribution in [0.15, 0.2) is 36.0 Å². The van der Waals surface area contributed by atoms with E-state index in [1.165, 1.54) is 0 Å².